The Balaban J connectivity index is 2.10. The van der Waals surface area contributed by atoms with Crippen LogP contribution in [0.2, 0.25) is 5.02 Å². The molecule has 19 heavy (non-hydrogen) atoms. The van der Waals surface area contributed by atoms with Crippen LogP contribution in [0, 0.1) is 13.8 Å². The first-order valence-corrected chi connectivity index (χ1v) is 6.01. The molecule has 1 aromatic carbocycles. The normalized spacial score (nSPS) is 10.5. The van der Waals surface area contributed by atoms with Crippen LogP contribution >= 0.6 is 11.6 Å². The number of hydrogen-bond acceptors (Lipinski definition) is 3. The highest BCUT2D eigenvalue weighted by Gasteiger charge is 2.14. The van der Waals surface area contributed by atoms with Gasteiger partial charge < -0.3 is 9.84 Å². The summed E-state index contributed by atoms with van der Waals surface area (Å²) in [7, 11) is 0. The van der Waals surface area contributed by atoms with Gasteiger partial charge in [0.15, 0.2) is 12.4 Å². The number of hydrogen-bond donors (Lipinski definition) is 1. The number of aromatic carboxylic acids is 1. The van der Waals surface area contributed by atoms with Gasteiger partial charge in [-0.3, -0.25) is 0 Å². The van der Waals surface area contributed by atoms with E-state index in [1.54, 1.807) is 0 Å². The van der Waals surface area contributed by atoms with E-state index in [0.29, 0.717) is 0 Å². The van der Waals surface area contributed by atoms with Gasteiger partial charge in [-0.25, -0.2) is 9.48 Å². The fraction of sp³-hybridized carbons (Fsp3) is 0.231. The second-order valence-electron chi connectivity index (χ2n) is 4.21. The average Bonchev–Trinajstić information content (AvgIpc) is 2.69. The summed E-state index contributed by atoms with van der Waals surface area (Å²) in [6, 6.07) is 5.82. The first kappa shape index (κ1) is 13.4. The fourth-order valence-corrected chi connectivity index (χ4v) is 1.94. The summed E-state index contributed by atoms with van der Waals surface area (Å²) >= 11 is 5.75. The van der Waals surface area contributed by atoms with Gasteiger partial charge in [-0.1, -0.05) is 29.3 Å². The van der Waals surface area contributed by atoms with Crippen molar-refractivity contribution in [3.63, 3.8) is 0 Å². The monoisotopic (exact) mass is 280 g/mol. The van der Waals surface area contributed by atoms with Crippen molar-refractivity contribution in [1.29, 1.82) is 0 Å². The Hall–Kier alpha value is -2.01. The number of carbonyl (C=O) groups is 1. The van der Waals surface area contributed by atoms with Gasteiger partial charge in [-0.05, 0) is 25.5 Å². The SMILES string of the molecule is Cc1ccc(OCn2cc(Cl)c(C(=O)O)n2)c(C)c1. The Morgan fingerprint density at radius 3 is 2.79 bits per heavy atom. The molecule has 0 radical (unpaired) electrons. The van der Waals surface area contributed by atoms with E-state index in [1.165, 1.54) is 10.9 Å². The Morgan fingerprint density at radius 2 is 2.21 bits per heavy atom. The molecule has 0 aliphatic heterocycles. The second-order valence-corrected chi connectivity index (χ2v) is 4.62. The number of aromatic nitrogens is 2. The topological polar surface area (TPSA) is 64.3 Å². The molecule has 6 heteroatoms. The van der Waals surface area contributed by atoms with E-state index >= 15 is 0 Å². The van der Waals surface area contributed by atoms with Gasteiger partial charge in [0.25, 0.3) is 0 Å². The number of carboxylic acid groups (broad SMARTS) is 1. The van der Waals surface area contributed by atoms with Crippen LogP contribution in [0.4, 0.5) is 0 Å². The lowest BCUT2D eigenvalue weighted by Crippen LogP contribution is -2.08. The number of aryl methyl sites for hydroxylation is 2. The summed E-state index contributed by atoms with van der Waals surface area (Å²) in [5, 5.41) is 12.8. The van der Waals surface area contributed by atoms with Crippen LogP contribution in [0.5, 0.6) is 5.75 Å². The highest BCUT2D eigenvalue weighted by Crippen LogP contribution is 2.20. The number of benzene rings is 1. The molecule has 0 spiro atoms. The van der Waals surface area contributed by atoms with Gasteiger partial charge in [-0.15, -0.1) is 0 Å². The Kier molecular flexibility index (Phi) is 3.76. The lowest BCUT2D eigenvalue weighted by molar-refractivity contribution is 0.0688. The molecule has 0 bridgehead atoms. The third-order valence-corrected chi connectivity index (χ3v) is 2.88. The fourth-order valence-electron chi connectivity index (χ4n) is 1.71. The third-order valence-electron chi connectivity index (χ3n) is 2.60. The molecular weight excluding hydrogens is 268 g/mol. The number of ether oxygens (including phenoxy) is 1. The highest BCUT2D eigenvalue weighted by molar-refractivity contribution is 6.33. The molecule has 2 rings (SSSR count). The van der Waals surface area contributed by atoms with Crippen LogP contribution in [0.15, 0.2) is 24.4 Å². The van der Waals surface area contributed by atoms with E-state index in [2.05, 4.69) is 5.10 Å². The van der Waals surface area contributed by atoms with Gasteiger partial charge in [0.05, 0.1) is 5.02 Å². The van der Waals surface area contributed by atoms with E-state index in [9.17, 15) is 4.79 Å². The molecule has 0 amide bonds. The number of rotatable bonds is 4. The summed E-state index contributed by atoms with van der Waals surface area (Å²) in [6.07, 6.45) is 1.43. The lowest BCUT2D eigenvalue weighted by Gasteiger charge is -2.09. The zero-order valence-corrected chi connectivity index (χ0v) is 11.3. The van der Waals surface area contributed by atoms with Gasteiger partial charge >= 0.3 is 5.97 Å². The molecule has 1 N–H and O–H groups in total. The zero-order valence-electron chi connectivity index (χ0n) is 10.6. The molecule has 0 fully saturated rings. The molecule has 0 unspecified atom stereocenters. The third kappa shape index (κ3) is 3.06. The number of nitrogens with zero attached hydrogens (tertiary/aromatic N) is 2. The molecule has 0 atom stereocenters. The van der Waals surface area contributed by atoms with Crippen molar-refractivity contribution in [1.82, 2.24) is 9.78 Å². The minimum atomic E-state index is -1.16. The van der Waals surface area contributed by atoms with Crippen molar-refractivity contribution >= 4 is 17.6 Å². The summed E-state index contributed by atoms with van der Waals surface area (Å²) < 4.78 is 6.93. The van der Waals surface area contributed by atoms with Gasteiger partial charge in [0, 0.05) is 6.20 Å². The Morgan fingerprint density at radius 1 is 1.47 bits per heavy atom. The summed E-state index contributed by atoms with van der Waals surface area (Å²) in [6.45, 7) is 4.06. The summed E-state index contributed by atoms with van der Waals surface area (Å²) in [5.74, 6) is -0.427. The highest BCUT2D eigenvalue weighted by atomic mass is 35.5. The molecule has 5 nitrogen and oxygen atoms in total. The predicted octanol–water partition coefficient (Wildman–Crippen LogP) is 2.89. The number of carboxylic acids is 1. The van der Waals surface area contributed by atoms with E-state index in [1.807, 2.05) is 32.0 Å². The number of halogens is 1. The lowest BCUT2D eigenvalue weighted by atomic mass is 10.1. The average molecular weight is 281 g/mol. The molecule has 0 aliphatic rings. The van der Waals surface area contributed by atoms with Crippen LogP contribution in [0.3, 0.4) is 0 Å². The van der Waals surface area contributed by atoms with E-state index in [4.69, 9.17) is 21.4 Å². The summed E-state index contributed by atoms with van der Waals surface area (Å²) in [5.41, 5.74) is 1.99. The Labute approximate surface area is 115 Å². The van der Waals surface area contributed by atoms with E-state index in [0.717, 1.165) is 16.9 Å². The maximum Gasteiger partial charge on any atom is 0.357 e. The molecule has 1 heterocycles. The summed E-state index contributed by atoms with van der Waals surface area (Å²) in [4.78, 5) is 10.8. The van der Waals surface area contributed by atoms with Crippen molar-refractivity contribution in [3.8, 4) is 5.75 Å². The van der Waals surface area contributed by atoms with Crippen LogP contribution in [0.25, 0.3) is 0 Å². The maximum atomic E-state index is 10.8. The van der Waals surface area contributed by atoms with Gasteiger partial charge in [0.1, 0.15) is 5.75 Å². The zero-order chi connectivity index (χ0) is 14.0. The van der Waals surface area contributed by atoms with E-state index < -0.39 is 5.97 Å². The van der Waals surface area contributed by atoms with Gasteiger partial charge in [0.2, 0.25) is 0 Å². The molecule has 0 saturated carbocycles. The van der Waals surface area contributed by atoms with Crippen LogP contribution in [-0.2, 0) is 6.73 Å². The molecule has 1 aromatic heterocycles. The van der Waals surface area contributed by atoms with Crippen molar-refractivity contribution in [2.45, 2.75) is 20.6 Å². The standard InChI is InChI=1S/C13H13ClN2O3/c1-8-3-4-11(9(2)5-8)19-7-16-6-10(14)12(15-16)13(17)18/h3-6H,7H2,1-2H3,(H,17,18). The van der Waals surface area contributed by atoms with Crippen LogP contribution in [0.1, 0.15) is 21.6 Å². The van der Waals surface area contributed by atoms with Crippen molar-refractivity contribution < 1.29 is 14.6 Å². The van der Waals surface area contributed by atoms with Crippen molar-refractivity contribution in [2.75, 3.05) is 0 Å². The molecule has 0 saturated heterocycles. The minimum Gasteiger partial charge on any atom is -0.476 e. The first-order chi connectivity index (χ1) is 8.97. The van der Waals surface area contributed by atoms with Gasteiger partial charge in [-0.2, -0.15) is 5.10 Å². The van der Waals surface area contributed by atoms with Crippen molar-refractivity contribution in [3.05, 3.63) is 46.2 Å². The van der Waals surface area contributed by atoms with Crippen LogP contribution in [-0.4, -0.2) is 20.9 Å². The second kappa shape index (κ2) is 5.32. The van der Waals surface area contributed by atoms with Crippen LogP contribution < -0.4 is 4.74 Å². The molecular formula is C13H13ClN2O3. The maximum absolute atomic E-state index is 10.8. The quantitative estimate of drug-likeness (QED) is 0.935. The largest absolute Gasteiger partial charge is 0.476 e. The first-order valence-electron chi connectivity index (χ1n) is 5.63. The molecule has 100 valence electrons. The molecule has 0 aliphatic carbocycles. The van der Waals surface area contributed by atoms with Crippen molar-refractivity contribution in [2.24, 2.45) is 0 Å². The predicted molar refractivity (Wildman–Crippen MR) is 70.7 cm³/mol. The smallest absolute Gasteiger partial charge is 0.357 e. The minimum absolute atomic E-state index is 0.0942. The van der Waals surface area contributed by atoms with E-state index in [-0.39, 0.29) is 17.4 Å². The Bertz CT molecular complexity index is 622. The molecule has 2 aromatic rings.